The molecule has 0 bridgehead atoms. The third-order valence-corrected chi connectivity index (χ3v) is 5.19. The number of amides is 1. The highest BCUT2D eigenvalue weighted by molar-refractivity contribution is 5.96. The van der Waals surface area contributed by atoms with Crippen LogP contribution in [0.4, 0.5) is 5.69 Å². The molecule has 1 fully saturated rings. The maximum Gasteiger partial charge on any atom is 0.258 e. The Morgan fingerprint density at radius 2 is 1.79 bits per heavy atom. The summed E-state index contributed by atoms with van der Waals surface area (Å²) in [4.78, 5) is 18.9. The van der Waals surface area contributed by atoms with Crippen LogP contribution in [0.2, 0.25) is 0 Å². The van der Waals surface area contributed by atoms with E-state index < -0.39 is 0 Å². The van der Waals surface area contributed by atoms with Crippen molar-refractivity contribution >= 4 is 11.6 Å². The average Bonchev–Trinajstić information content (AvgIpc) is 3.40. The van der Waals surface area contributed by atoms with Gasteiger partial charge in [-0.2, -0.15) is 4.98 Å². The molecular formula is C22H23N3O4. The molecule has 2 heterocycles. The summed E-state index contributed by atoms with van der Waals surface area (Å²) in [6.45, 7) is 2.64. The molecule has 1 aromatic heterocycles. The third-order valence-electron chi connectivity index (χ3n) is 5.19. The summed E-state index contributed by atoms with van der Waals surface area (Å²) in [5, 5.41) is 4.13. The summed E-state index contributed by atoms with van der Waals surface area (Å²) in [7, 11) is 3.17. The zero-order valence-corrected chi connectivity index (χ0v) is 16.7. The number of hydrogen-bond donors (Lipinski definition) is 0. The van der Waals surface area contributed by atoms with Gasteiger partial charge in [-0.05, 0) is 36.2 Å². The van der Waals surface area contributed by atoms with Crippen molar-refractivity contribution in [2.75, 3.05) is 25.7 Å². The number of aryl methyl sites for hydroxylation is 1. The van der Waals surface area contributed by atoms with Gasteiger partial charge in [0.1, 0.15) is 11.5 Å². The molecule has 0 spiro atoms. The number of carbonyl (C=O) groups excluding carboxylic acids is 1. The highest BCUT2D eigenvalue weighted by Gasteiger charge is 2.34. The first-order chi connectivity index (χ1) is 14.1. The Labute approximate surface area is 169 Å². The zero-order valence-electron chi connectivity index (χ0n) is 16.7. The van der Waals surface area contributed by atoms with Gasteiger partial charge in [-0.25, -0.2) is 0 Å². The third kappa shape index (κ3) is 3.81. The Bertz CT molecular complexity index is 991. The minimum atomic E-state index is -0.113. The lowest BCUT2D eigenvalue weighted by Crippen LogP contribution is -2.24. The number of nitrogens with zero attached hydrogens (tertiary/aromatic N) is 3. The van der Waals surface area contributed by atoms with Crippen LogP contribution in [-0.4, -0.2) is 36.8 Å². The van der Waals surface area contributed by atoms with Crippen LogP contribution in [-0.2, 0) is 11.2 Å². The lowest BCUT2D eigenvalue weighted by molar-refractivity contribution is -0.117. The molecule has 7 nitrogen and oxygen atoms in total. The minimum absolute atomic E-state index is 0.0636. The number of anilines is 1. The summed E-state index contributed by atoms with van der Waals surface area (Å²) in [6, 6.07) is 13.5. The largest absolute Gasteiger partial charge is 0.497 e. The van der Waals surface area contributed by atoms with Gasteiger partial charge in [0, 0.05) is 36.2 Å². The van der Waals surface area contributed by atoms with Gasteiger partial charge < -0.3 is 18.9 Å². The van der Waals surface area contributed by atoms with Crippen molar-refractivity contribution in [3.63, 3.8) is 0 Å². The van der Waals surface area contributed by atoms with E-state index in [4.69, 9.17) is 14.0 Å². The van der Waals surface area contributed by atoms with E-state index in [1.165, 1.54) is 5.56 Å². The highest BCUT2D eigenvalue weighted by Crippen LogP contribution is 2.33. The van der Waals surface area contributed by atoms with Crippen molar-refractivity contribution in [1.82, 2.24) is 10.1 Å². The lowest BCUT2D eigenvalue weighted by atomic mass is 10.1. The quantitative estimate of drug-likeness (QED) is 0.633. The molecule has 150 valence electrons. The van der Waals surface area contributed by atoms with Crippen molar-refractivity contribution in [2.45, 2.75) is 25.7 Å². The van der Waals surface area contributed by atoms with Gasteiger partial charge in [0.15, 0.2) is 5.82 Å². The number of rotatable bonds is 6. The molecule has 1 atom stereocenters. The second-order valence-electron chi connectivity index (χ2n) is 6.98. The summed E-state index contributed by atoms with van der Waals surface area (Å²) in [6.07, 6.45) is 1.33. The minimum Gasteiger partial charge on any atom is -0.497 e. The molecule has 1 amide bonds. The van der Waals surface area contributed by atoms with E-state index in [2.05, 4.69) is 29.2 Å². The monoisotopic (exact) mass is 393 g/mol. The van der Waals surface area contributed by atoms with Crippen LogP contribution in [0.25, 0.3) is 11.5 Å². The van der Waals surface area contributed by atoms with Crippen LogP contribution in [0.5, 0.6) is 11.5 Å². The van der Waals surface area contributed by atoms with E-state index in [9.17, 15) is 4.79 Å². The van der Waals surface area contributed by atoms with Crippen molar-refractivity contribution in [3.05, 3.63) is 53.9 Å². The number of hydrogen-bond acceptors (Lipinski definition) is 6. The van der Waals surface area contributed by atoms with Crippen LogP contribution < -0.4 is 14.4 Å². The van der Waals surface area contributed by atoms with Gasteiger partial charge in [0.2, 0.25) is 5.91 Å². The topological polar surface area (TPSA) is 77.7 Å². The molecule has 1 saturated heterocycles. The van der Waals surface area contributed by atoms with E-state index in [1.54, 1.807) is 37.3 Å². The average molecular weight is 393 g/mol. The van der Waals surface area contributed by atoms with Gasteiger partial charge in [0.05, 0.1) is 14.2 Å². The molecule has 1 aliphatic heterocycles. The number of carbonyl (C=O) groups is 1. The zero-order chi connectivity index (χ0) is 20.4. The normalized spacial score (nSPS) is 16.3. The van der Waals surface area contributed by atoms with Crippen LogP contribution in [0.15, 0.2) is 47.0 Å². The summed E-state index contributed by atoms with van der Waals surface area (Å²) in [5.41, 5.74) is 2.85. The predicted octanol–water partition coefficient (Wildman–Crippen LogP) is 3.84. The second kappa shape index (κ2) is 7.95. The van der Waals surface area contributed by atoms with Crippen molar-refractivity contribution in [2.24, 2.45) is 0 Å². The maximum atomic E-state index is 12.6. The van der Waals surface area contributed by atoms with Gasteiger partial charge in [-0.1, -0.05) is 24.2 Å². The standard InChI is InChI=1S/C22H23N3O4/c1-4-14-5-7-17(8-6-14)25-13-16(11-20(25)26)21-23-22(29-24-21)15-9-18(27-2)12-19(10-15)28-3/h5-10,12,16H,4,11,13H2,1-3H3/t16-/m0/s1. The van der Waals surface area contributed by atoms with Crippen molar-refractivity contribution < 1.29 is 18.8 Å². The molecule has 0 aliphatic carbocycles. The first-order valence-corrected chi connectivity index (χ1v) is 9.57. The van der Waals surface area contributed by atoms with E-state index in [0.717, 1.165) is 12.1 Å². The van der Waals surface area contributed by atoms with Crippen molar-refractivity contribution in [1.29, 1.82) is 0 Å². The van der Waals surface area contributed by atoms with Gasteiger partial charge in [-0.3, -0.25) is 4.79 Å². The number of aromatic nitrogens is 2. The molecule has 3 aromatic rings. The van der Waals surface area contributed by atoms with Crippen LogP contribution >= 0.6 is 0 Å². The summed E-state index contributed by atoms with van der Waals surface area (Å²) >= 11 is 0. The Morgan fingerprint density at radius 1 is 1.10 bits per heavy atom. The molecule has 29 heavy (non-hydrogen) atoms. The lowest BCUT2D eigenvalue weighted by Gasteiger charge is -2.16. The highest BCUT2D eigenvalue weighted by atomic mass is 16.5. The number of methoxy groups -OCH3 is 2. The molecular weight excluding hydrogens is 370 g/mol. The van der Waals surface area contributed by atoms with Crippen LogP contribution in [0.1, 0.15) is 30.7 Å². The van der Waals surface area contributed by atoms with Crippen LogP contribution in [0, 0.1) is 0 Å². The van der Waals surface area contributed by atoms with Gasteiger partial charge >= 0.3 is 0 Å². The summed E-state index contributed by atoms with van der Waals surface area (Å²) < 4.78 is 16.1. The summed E-state index contributed by atoms with van der Waals surface area (Å²) in [5.74, 6) is 2.12. The van der Waals surface area contributed by atoms with Crippen LogP contribution in [0.3, 0.4) is 0 Å². The van der Waals surface area contributed by atoms with E-state index in [0.29, 0.717) is 41.7 Å². The van der Waals surface area contributed by atoms with Crippen molar-refractivity contribution in [3.8, 4) is 23.0 Å². The first kappa shape index (κ1) is 19.0. The fraction of sp³-hybridized carbons (Fsp3) is 0.318. The molecule has 0 saturated carbocycles. The Hall–Kier alpha value is -3.35. The Balaban J connectivity index is 1.55. The fourth-order valence-electron chi connectivity index (χ4n) is 3.49. The molecule has 0 unspecified atom stereocenters. The van der Waals surface area contributed by atoms with Gasteiger partial charge in [-0.15, -0.1) is 0 Å². The smallest absolute Gasteiger partial charge is 0.258 e. The first-order valence-electron chi connectivity index (χ1n) is 9.57. The SMILES string of the molecule is CCc1ccc(N2C[C@@H](c3noc(-c4cc(OC)cc(OC)c4)n3)CC2=O)cc1. The van der Waals surface area contributed by atoms with E-state index in [-0.39, 0.29) is 11.8 Å². The number of ether oxygens (including phenoxy) is 2. The second-order valence-corrected chi connectivity index (χ2v) is 6.98. The maximum absolute atomic E-state index is 12.6. The van der Waals surface area contributed by atoms with E-state index in [1.807, 2.05) is 12.1 Å². The molecule has 4 rings (SSSR count). The molecule has 2 aromatic carbocycles. The van der Waals surface area contributed by atoms with Gasteiger partial charge in [0.25, 0.3) is 5.89 Å². The molecule has 7 heteroatoms. The Kier molecular flexibility index (Phi) is 5.20. The Morgan fingerprint density at radius 3 is 2.41 bits per heavy atom. The van der Waals surface area contributed by atoms with E-state index >= 15 is 0 Å². The fourth-order valence-corrected chi connectivity index (χ4v) is 3.49. The molecule has 0 radical (unpaired) electrons. The predicted molar refractivity (Wildman–Crippen MR) is 108 cm³/mol. The number of benzene rings is 2. The molecule has 1 aliphatic rings. The molecule has 0 N–H and O–H groups in total.